The maximum atomic E-state index is 5.77. The minimum absolute atomic E-state index is 0.330. The average molecular weight is 307 g/mol. The number of hydrogen-bond acceptors (Lipinski definition) is 4. The van der Waals surface area contributed by atoms with Crippen LogP contribution >= 0.6 is 0 Å². The molecule has 3 aromatic rings. The normalized spacial score (nSPS) is 19.2. The number of nitrogen functional groups attached to an aromatic ring is 1. The van der Waals surface area contributed by atoms with Crippen LogP contribution in [0.1, 0.15) is 36.6 Å². The highest BCUT2D eigenvalue weighted by atomic mass is 15.2. The minimum atomic E-state index is 0.330. The van der Waals surface area contributed by atoms with Crippen molar-refractivity contribution in [3.8, 4) is 0 Å². The highest BCUT2D eigenvalue weighted by molar-refractivity contribution is 5.79. The number of piperidine rings is 1. The number of anilines is 1. The number of nitrogens with two attached hydrogens (primary N) is 1. The van der Waals surface area contributed by atoms with Crippen LogP contribution in [0.5, 0.6) is 0 Å². The Morgan fingerprint density at radius 2 is 2.17 bits per heavy atom. The van der Waals surface area contributed by atoms with Crippen molar-refractivity contribution in [1.29, 1.82) is 0 Å². The molecule has 0 spiro atoms. The van der Waals surface area contributed by atoms with Gasteiger partial charge in [-0.3, -0.25) is 4.90 Å². The summed E-state index contributed by atoms with van der Waals surface area (Å²) in [5, 5.41) is 1.27. The Morgan fingerprint density at radius 1 is 1.22 bits per heavy atom. The van der Waals surface area contributed by atoms with E-state index in [1.807, 2.05) is 12.3 Å². The lowest BCUT2D eigenvalue weighted by Crippen LogP contribution is -2.33. The first-order valence-electron chi connectivity index (χ1n) is 8.18. The molecule has 4 rings (SSSR count). The molecule has 5 nitrogen and oxygen atoms in total. The van der Waals surface area contributed by atoms with Gasteiger partial charge in [-0.1, -0.05) is 12.5 Å². The average Bonchev–Trinajstić information content (AvgIpc) is 3.03. The van der Waals surface area contributed by atoms with Crippen LogP contribution in [0, 0.1) is 0 Å². The molecule has 1 aliphatic rings. The van der Waals surface area contributed by atoms with Gasteiger partial charge in [0.1, 0.15) is 0 Å². The van der Waals surface area contributed by atoms with E-state index in [4.69, 9.17) is 5.73 Å². The number of nitrogens with one attached hydrogen (secondary N) is 1. The molecule has 23 heavy (non-hydrogen) atoms. The van der Waals surface area contributed by atoms with Crippen molar-refractivity contribution in [1.82, 2.24) is 19.9 Å². The molecule has 2 aromatic heterocycles. The number of hydrogen-bond donors (Lipinski definition) is 2. The van der Waals surface area contributed by atoms with E-state index >= 15 is 0 Å². The van der Waals surface area contributed by atoms with Crippen molar-refractivity contribution in [2.24, 2.45) is 0 Å². The predicted molar refractivity (Wildman–Crippen MR) is 91.7 cm³/mol. The molecule has 0 radical (unpaired) electrons. The van der Waals surface area contributed by atoms with E-state index in [1.165, 1.54) is 29.3 Å². The smallest absolute Gasteiger partial charge is 0.220 e. The van der Waals surface area contributed by atoms with E-state index in [2.05, 4.69) is 44.1 Å². The summed E-state index contributed by atoms with van der Waals surface area (Å²) in [4.78, 5) is 14.2. The minimum Gasteiger partial charge on any atom is -0.368 e. The molecule has 118 valence electrons. The predicted octanol–water partition coefficient (Wildman–Crippen LogP) is 3.27. The summed E-state index contributed by atoms with van der Waals surface area (Å²) in [5.41, 5.74) is 9.34. The zero-order valence-electron chi connectivity index (χ0n) is 13.1. The lowest BCUT2D eigenvalue weighted by Gasteiger charge is -2.35. The zero-order valence-corrected chi connectivity index (χ0v) is 13.1. The van der Waals surface area contributed by atoms with Gasteiger partial charge in [-0.2, -0.15) is 0 Å². The highest BCUT2D eigenvalue weighted by Gasteiger charge is 2.25. The van der Waals surface area contributed by atoms with Crippen molar-refractivity contribution >= 4 is 16.9 Å². The number of benzene rings is 1. The van der Waals surface area contributed by atoms with Crippen LogP contribution in [0.2, 0.25) is 0 Å². The first kappa shape index (κ1) is 14.2. The molecule has 0 saturated carbocycles. The van der Waals surface area contributed by atoms with E-state index in [1.54, 1.807) is 6.20 Å². The summed E-state index contributed by atoms with van der Waals surface area (Å²) >= 11 is 0. The van der Waals surface area contributed by atoms with E-state index in [0.717, 1.165) is 25.2 Å². The number of fused-ring (bicyclic) bond motifs is 1. The van der Waals surface area contributed by atoms with Gasteiger partial charge in [0.15, 0.2) is 0 Å². The molecule has 0 unspecified atom stereocenters. The number of H-pyrrole nitrogens is 1. The first-order chi connectivity index (χ1) is 11.3. The molecule has 0 aliphatic carbocycles. The lowest BCUT2D eigenvalue weighted by molar-refractivity contribution is 0.137. The van der Waals surface area contributed by atoms with E-state index in [0.29, 0.717) is 12.0 Å². The fourth-order valence-corrected chi connectivity index (χ4v) is 3.52. The van der Waals surface area contributed by atoms with E-state index < -0.39 is 0 Å². The Labute approximate surface area is 135 Å². The molecule has 3 N–H and O–H groups in total. The van der Waals surface area contributed by atoms with E-state index in [9.17, 15) is 0 Å². The molecule has 1 aromatic carbocycles. The Morgan fingerprint density at radius 3 is 3.09 bits per heavy atom. The third-order valence-corrected chi connectivity index (χ3v) is 4.65. The van der Waals surface area contributed by atoms with Gasteiger partial charge in [-0.15, -0.1) is 0 Å². The van der Waals surface area contributed by atoms with Crippen molar-refractivity contribution < 1.29 is 0 Å². The summed E-state index contributed by atoms with van der Waals surface area (Å²) in [6, 6.07) is 11.1. The van der Waals surface area contributed by atoms with Crippen LogP contribution in [0.25, 0.3) is 10.9 Å². The summed E-state index contributed by atoms with van der Waals surface area (Å²) in [5.74, 6) is 0.363. The largest absolute Gasteiger partial charge is 0.368 e. The quantitative estimate of drug-likeness (QED) is 0.779. The van der Waals surface area contributed by atoms with Crippen LogP contribution in [0.4, 0.5) is 5.95 Å². The third kappa shape index (κ3) is 2.92. The molecular weight excluding hydrogens is 286 g/mol. The maximum absolute atomic E-state index is 5.77. The SMILES string of the molecule is Nc1nccc([C@H]2CCCCN2Cc2ccc3[nH]ccc3c2)n1. The molecule has 1 aliphatic heterocycles. The highest BCUT2D eigenvalue weighted by Crippen LogP contribution is 2.31. The maximum Gasteiger partial charge on any atom is 0.220 e. The van der Waals surface area contributed by atoms with Gasteiger partial charge >= 0.3 is 0 Å². The first-order valence-corrected chi connectivity index (χ1v) is 8.18. The van der Waals surface area contributed by atoms with Gasteiger partial charge in [-0.25, -0.2) is 9.97 Å². The van der Waals surface area contributed by atoms with Crippen LogP contribution in [0.3, 0.4) is 0 Å². The number of aromatic nitrogens is 3. The molecule has 1 fully saturated rings. The lowest BCUT2D eigenvalue weighted by atomic mass is 9.98. The second-order valence-corrected chi connectivity index (χ2v) is 6.22. The fraction of sp³-hybridized carbons (Fsp3) is 0.333. The number of aromatic amines is 1. The van der Waals surface area contributed by atoms with Crippen molar-refractivity contribution in [2.45, 2.75) is 31.8 Å². The monoisotopic (exact) mass is 307 g/mol. The summed E-state index contributed by atoms with van der Waals surface area (Å²) in [7, 11) is 0. The van der Waals surface area contributed by atoms with Crippen LogP contribution in [-0.4, -0.2) is 26.4 Å². The van der Waals surface area contributed by atoms with Gasteiger partial charge in [0.25, 0.3) is 0 Å². The molecular formula is C18H21N5. The third-order valence-electron chi connectivity index (χ3n) is 4.65. The molecule has 1 atom stereocenters. The molecule has 1 saturated heterocycles. The van der Waals surface area contributed by atoms with Crippen molar-refractivity contribution in [3.05, 3.63) is 54.0 Å². The van der Waals surface area contributed by atoms with Gasteiger partial charge in [0.05, 0.1) is 11.7 Å². The van der Waals surface area contributed by atoms with Crippen molar-refractivity contribution in [2.75, 3.05) is 12.3 Å². The Kier molecular flexibility index (Phi) is 3.71. The Balaban J connectivity index is 1.59. The van der Waals surface area contributed by atoms with Gasteiger partial charge in [-0.05, 0) is 54.6 Å². The molecule has 3 heterocycles. The number of rotatable bonds is 3. The summed E-state index contributed by atoms with van der Waals surface area (Å²) in [6.45, 7) is 2.04. The standard InChI is InChI=1S/C18H21N5/c19-18-21-9-7-16(22-18)17-3-1-2-10-23(17)12-13-4-5-15-14(11-13)6-8-20-15/h4-9,11,17,20H,1-3,10,12H2,(H2,19,21,22)/t17-/m1/s1. The zero-order chi connectivity index (χ0) is 15.6. The van der Waals surface area contributed by atoms with Crippen molar-refractivity contribution in [3.63, 3.8) is 0 Å². The van der Waals surface area contributed by atoms with Crippen LogP contribution < -0.4 is 5.73 Å². The number of likely N-dealkylation sites (tertiary alicyclic amines) is 1. The Hall–Kier alpha value is -2.40. The summed E-state index contributed by atoms with van der Waals surface area (Å²) < 4.78 is 0. The van der Waals surface area contributed by atoms with Gasteiger partial charge < -0.3 is 10.7 Å². The van der Waals surface area contributed by atoms with Crippen LogP contribution in [0.15, 0.2) is 42.7 Å². The number of nitrogens with zero attached hydrogens (tertiary/aromatic N) is 3. The summed E-state index contributed by atoms with van der Waals surface area (Å²) in [6.07, 6.45) is 7.35. The second kappa shape index (κ2) is 6.01. The molecule has 0 bridgehead atoms. The fourth-order valence-electron chi connectivity index (χ4n) is 3.52. The van der Waals surface area contributed by atoms with Gasteiger partial charge in [0.2, 0.25) is 5.95 Å². The Bertz CT molecular complexity index is 810. The second-order valence-electron chi connectivity index (χ2n) is 6.22. The molecule has 5 heteroatoms. The van der Waals surface area contributed by atoms with E-state index in [-0.39, 0.29) is 0 Å². The topological polar surface area (TPSA) is 70.8 Å². The molecule has 0 amide bonds. The van der Waals surface area contributed by atoms with Gasteiger partial charge in [0, 0.05) is 24.5 Å². The van der Waals surface area contributed by atoms with Crippen LogP contribution in [-0.2, 0) is 6.54 Å².